The number of hydrogen-bond acceptors (Lipinski definition) is 7. The Kier molecular flexibility index (Phi) is 8.02. The van der Waals surface area contributed by atoms with Crippen LogP contribution in [0.25, 0.3) is 5.76 Å². The maximum absolute atomic E-state index is 13.3. The highest BCUT2D eigenvalue weighted by molar-refractivity contribution is 6.46. The molecule has 8 nitrogen and oxygen atoms in total. The van der Waals surface area contributed by atoms with E-state index in [4.69, 9.17) is 9.47 Å². The molecule has 0 aliphatic carbocycles. The lowest BCUT2D eigenvalue weighted by atomic mass is 9.93. The molecule has 0 saturated carbocycles. The fraction of sp³-hybridized carbons (Fsp3) is 0.267. The second-order valence-electron chi connectivity index (χ2n) is 9.48. The average Bonchev–Trinajstić information content (AvgIpc) is 3.16. The van der Waals surface area contributed by atoms with Crippen molar-refractivity contribution < 1.29 is 29.3 Å². The summed E-state index contributed by atoms with van der Waals surface area (Å²) in [6.07, 6.45) is 0. The first-order valence-corrected chi connectivity index (χ1v) is 12.3. The normalized spacial score (nSPS) is 16.8. The van der Waals surface area contributed by atoms with Crippen LogP contribution in [-0.4, -0.2) is 66.0 Å². The van der Waals surface area contributed by atoms with Gasteiger partial charge in [0.25, 0.3) is 11.7 Å². The maximum Gasteiger partial charge on any atom is 0.295 e. The highest BCUT2D eigenvalue weighted by Crippen LogP contribution is 2.42. The number of carbonyl (C=O) groups is 2. The molecule has 1 aliphatic rings. The number of phenolic OH excluding ortho intramolecular Hbond substituents is 1. The minimum Gasteiger partial charge on any atom is -0.507 e. The van der Waals surface area contributed by atoms with Crippen molar-refractivity contribution in [2.75, 3.05) is 34.3 Å². The summed E-state index contributed by atoms with van der Waals surface area (Å²) < 4.78 is 11.2. The number of rotatable bonds is 9. The molecule has 4 rings (SSSR count). The van der Waals surface area contributed by atoms with Gasteiger partial charge in [-0.15, -0.1) is 0 Å². The molecule has 0 aromatic heterocycles. The zero-order valence-corrected chi connectivity index (χ0v) is 22.0. The van der Waals surface area contributed by atoms with Crippen LogP contribution in [0.15, 0.2) is 72.3 Å². The Labute approximate surface area is 222 Å². The van der Waals surface area contributed by atoms with Crippen LogP contribution in [0.5, 0.6) is 17.2 Å². The van der Waals surface area contributed by atoms with E-state index in [2.05, 4.69) is 0 Å². The Hall–Kier alpha value is -4.30. The number of phenols is 1. The number of aliphatic hydroxyl groups excluding tert-OH is 1. The van der Waals surface area contributed by atoms with Crippen LogP contribution in [0.1, 0.15) is 28.3 Å². The molecule has 198 valence electrons. The molecule has 1 heterocycles. The lowest BCUT2D eigenvalue weighted by Gasteiger charge is -2.27. The second kappa shape index (κ2) is 11.4. The average molecular weight is 517 g/mol. The van der Waals surface area contributed by atoms with Crippen LogP contribution in [0.3, 0.4) is 0 Å². The number of hydrogen-bond donors (Lipinski definition) is 2. The molecule has 1 saturated heterocycles. The zero-order chi connectivity index (χ0) is 27.4. The molecule has 0 radical (unpaired) electrons. The van der Waals surface area contributed by atoms with Crippen molar-refractivity contribution in [2.24, 2.45) is 0 Å². The first-order valence-electron chi connectivity index (χ1n) is 12.3. The third kappa shape index (κ3) is 5.50. The summed E-state index contributed by atoms with van der Waals surface area (Å²) in [5, 5.41) is 21.5. The second-order valence-corrected chi connectivity index (χ2v) is 9.48. The fourth-order valence-electron chi connectivity index (χ4n) is 4.51. The van der Waals surface area contributed by atoms with Crippen LogP contribution in [0.2, 0.25) is 0 Å². The number of Topliss-reactive ketones (excluding diaryl/α,β-unsaturated/α-hetero) is 1. The van der Waals surface area contributed by atoms with E-state index >= 15 is 0 Å². The molecule has 0 spiro atoms. The van der Waals surface area contributed by atoms with E-state index in [0.717, 1.165) is 5.56 Å². The molecular formula is C30H32N2O6. The van der Waals surface area contributed by atoms with Gasteiger partial charge in [-0.3, -0.25) is 9.59 Å². The van der Waals surface area contributed by atoms with Crippen molar-refractivity contribution in [1.82, 2.24) is 9.80 Å². The summed E-state index contributed by atoms with van der Waals surface area (Å²) >= 11 is 0. The van der Waals surface area contributed by atoms with Crippen LogP contribution in [0, 0.1) is 6.92 Å². The lowest BCUT2D eigenvalue weighted by molar-refractivity contribution is -0.140. The van der Waals surface area contributed by atoms with Gasteiger partial charge in [0.05, 0.1) is 18.7 Å². The summed E-state index contributed by atoms with van der Waals surface area (Å²) in [5.41, 5.74) is 2.68. The molecule has 1 fully saturated rings. The Bertz CT molecular complexity index is 1370. The number of aryl methyl sites for hydroxylation is 1. The van der Waals surface area contributed by atoms with E-state index in [1.54, 1.807) is 30.3 Å². The number of aromatic hydroxyl groups is 1. The van der Waals surface area contributed by atoms with Gasteiger partial charge in [0.15, 0.2) is 11.5 Å². The fourth-order valence-corrected chi connectivity index (χ4v) is 4.51. The largest absolute Gasteiger partial charge is 0.507 e. The van der Waals surface area contributed by atoms with E-state index in [0.29, 0.717) is 35.6 Å². The summed E-state index contributed by atoms with van der Waals surface area (Å²) in [5.74, 6) is -0.956. The quantitative estimate of drug-likeness (QED) is 0.249. The van der Waals surface area contributed by atoms with Gasteiger partial charge >= 0.3 is 0 Å². The molecule has 0 unspecified atom stereocenters. The molecule has 2 N–H and O–H groups in total. The predicted octanol–water partition coefficient (Wildman–Crippen LogP) is 4.27. The molecule has 1 aliphatic heterocycles. The minimum absolute atomic E-state index is 0.0115. The van der Waals surface area contributed by atoms with Crippen molar-refractivity contribution in [3.63, 3.8) is 0 Å². The molecule has 3 aromatic carbocycles. The van der Waals surface area contributed by atoms with E-state index in [9.17, 15) is 19.8 Å². The molecule has 1 amide bonds. The van der Waals surface area contributed by atoms with Crippen LogP contribution < -0.4 is 9.47 Å². The third-order valence-corrected chi connectivity index (χ3v) is 6.55. The summed E-state index contributed by atoms with van der Waals surface area (Å²) in [4.78, 5) is 29.8. The van der Waals surface area contributed by atoms with E-state index in [1.807, 2.05) is 56.3 Å². The van der Waals surface area contributed by atoms with Crippen LogP contribution >= 0.6 is 0 Å². The number of aliphatic hydroxyl groups is 1. The van der Waals surface area contributed by atoms with E-state index in [1.165, 1.54) is 18.1 Å². The van der Waals surface area contributed by atoms with Gasteiger partial charge in [-0.05, 0) is 68.0 Å². The summed E-state index contributed by atoms with van der Waals surface area (Å²) in [6.45, 7) is 3.00. The van der Waals surface area contributed by atoms with Crippen LogP contribution in [0.4, 0.5) is 0 Å². The molecular weight excluding hydrogens is 484 g/mol. The Balaban J connectivity index is 1.74. The first-order chi connectivity index (χ1) is 18.2. The van der Waals surface area contributed by atoms with Crippen molar-refractivity contribution in [3.8, 4) is 17.2 Å². The van der Waals surface area contributed by atoms with Gasteiger partial charge in [0, 0.05) is 18.7 Å². The zero-order valence-electron chi connectivity index (χ0n) is 22.0. The van der Waals surface area contributed by atoms with Crippen LogP contribution in [-0.2, 0) is 16.2 Å². The number of benzene rings is 3. The number of ether oxygens (including phenoxy) is 2. The highest BCUT2D eigenvalue weighted by atomic mass is 16.5. The number of carbonyl (C=O) groups excluding carboxylic acids is 2. The van der Waals surface area contributed by atoms with Gasteiger partial charge in [0.1, 0.15) is 18.1 Å². The van der Waals surface area contributed by atoms with Gasteiger partial charge in [-0.1, -0.05) is 36.4 Å². The molecule has 3 aromatic rings. The minimum atomic E-state index is -0.849. The van der Waals surface area contributed by atoms with E-state index < -0.39 is 17.7 Å². The highest BCUT2D eigenvalue weighted by Gasteiger charge is 2.46. The maximum atomic E-state index is 13.3. The topological polar surface area (TPSA) is 99.5 Å². The summed E-state index contributed by atoms with van der Waals surface area (Å²) in [6, 6.07) is 18.8. The molecule has 8 heteroatoms. The smallest absolute Gasteiger partial charge is 0.295 e. The SMILES string of the molecule is COc1cc([C@H]2C(=C(O)c3ccc(OCc4ccccc4)cc3C)C(=O)C(=O)N2CCN(C)C)ccc1O. The standard InChI is InChI=1S/C30H32N2O6/c1-19-16-22(38-18-20-8-6-5-7-9-20)11-12-23(19)28(34)26-27(21-10-13-24(33)25(17-21)37-4)32(15-14-31(2)3)30(36)29(26)35/h5-13,16-17,27,33-34H,14-15,18H2,1-4H3/t27-/m0/s1. The van der Waals surface area contributed by atoms with Crippen molar-refractivity contribution in [3.05, 3.63) is 94.6 Å². The lowest BCUT2D eigenvalue weighted by Crippen LogP contribution is -2.35. The van der Waals surface area contributed by atoms with Gasteiger partial charge in [0.2, 0.25) is 0 Å². The van der Waals surface area contributed by atoms with Gasteiger partial charge in [-0.25, -0.2) is 0 Å². The van der Waals surface area contributed by atoms with Gasteiger partial charge in [-0.2, -0.15) is 0 Å². The van der Waals surface area contributed by atoms with Crippen molar-refractivity contribution in [1.29, 1.82) is 0 Å². The van der Waals surface area contributed by atoms with E-state index in [-0.39, 0.29) is 29.4 Å². The third-order valence-electron chi connectivity index (χ3n) is 6.55. The molecule has 0 bridgehead atoms. The molecule has 38 heavy (non-hydrogen) atoms. The first kappa shape index (κ1) is 26.8. The Morgan fingerprint density at radius 3 is 2.42 bits per heavy atom. The number of amides is 1. The number of ketones is 1. The Morgan fingerprint density at radius 2 is 1.76 bits per heavy atom. The summed E-state index contributed by atoms with van der Waals surface area (Å²) in [7, 11) is 5.17. The molecule has 1 atom stereocenters. The Morgan fingerprint density at radius 1 is 1.03 bits per heavy atom. The number of likely N-dealkylation sites (N-methyl/N-ethyl adjacent to an activating group) is 1. The monoisotopic (exact) mass is 516 g/mol. The van der Waals surface area contributed by atoms with Crippen molar-refractivity contribution >= 4 is 17.4 Å². The van der Waals surface area contributed by atoms with Gasteiger partial charge < -0.3 is 29.5 Å². The number of methoxy groups -OCH3 is 1. The number of likely N-dealkylation sites (tertiary alicyclic amines) is 1. The number of nitrogens with zero attached hydrogens (tertiary/aromatic N) is 2. The van der Waals surface area contributed by atoms with Crippen molar-refractivity contribution in [2.45, 2.75) is 19.6 Å². The predicted molar refractivity (Wildman–Crippen MR) is 144 cm³/mol.